The van der Waals surface area contributed by atoms with Crippen molar-refractivity contribution in [1.82, 2.24) is 4.31 Å². The molecule has 0 atom stereocenters. The number of benzene rings is 1. The lowest BCUT2D eigenvalue weighted by atomic mass is 10.2. The maximum absolute atomic E-state index is 12.5. The third-order valence-electron chi connectivity index (χ3n) is 3.37. The Balaban J connectivity index is 2.23. The molecule has 1 aliphatic carbocycles. The van der Waals surface area contributed by atoms with E-state index in [2.05, 4.69) is 0 Å². The van der Waals surface area contributed by atoms with Gasteiger partial charge >= 0.3 is 5.97 Å². The number of aromatic carboxylic acids is 1. The van der Waals surface area contributed by atoms with Crippen LogP contribution in [0.5, 0.6) is 0 Å². The number of rotatable bonds is 7. The maximum atomic E-state index is 12.5. The van der Waals surface area contributed by atoms with Crippen molar-refractivity contribution in [3.05, 3.63) is 29.8 Å². The second-order valence-electron chi connectivity index (χ2n) is 5.14. The number of nitrogens with zero attached hydrogens (tertiary/aromatic N) is 1. The third kappa shape index (κ3) is 3.37. The van der Waals surface area contributed by atoms with Gasteiger partial charge in [-0.05, 0) is 49.4 Å². The lowest BCUT2D eigenvalue weighted by Gasteiger charge is -2.21. The predicted molar refractivity (Wildman–Crippen MR) is 75.2 cm³/mol. The number of carboxylic acid groups (broad SMARTS) is 1. The average molecular weight is 297 g/mol. The Morgan fingerprint density at radius 1 is 1.30 bits per heavy atom. The zero-order chi connectivity index (χ0) is 14.8. The van der Waals surface area contributed by atoms with Crippen molar-refractivity contribution in [3.8, 4) is 0 Å². The van der Waals surface area contributed by atoms with E-state index in [1.165, 1.54) is 28.6 Å². The van der Waals surface area contributed by atoms with Crippen molar-refractivity contribution < 1.29 is 18.3 Å². The topological polar surface area (TPSA) is 74.7 Å². The molecule has 0 heterocycles. The zero-order valence-corrected chi connectivity index (χ0v) is 12.3. The average Bonchev–Trinajstić information content (AvgIpc) is 3.22. The number of hydrogen-bond acceptors (Lipinski definition) is 3. The molecular weight excluding hydrogens is 278 g/mol. The van der Waals surface area contributed by atoms with Gasteiger partial charge in [0.1, 0.15) is 0 Å². The summed E-state index contributed by atoms with van der Waals surface area (Å²) in [7, 11) is -3.52. The van der Waals surface area contributed by atoms with Gasteiger partial charge in [0.05, 0.1) is 10.5 Å². The van der Waals surface area contributed by atoms with Crippen molar-refractivity contribution in [2.45, 2.75) is 31.1 Å². The number of carboxylic acids is 1. The normalized spacial score (nSPS) is 15.5. The molecule has 0 bridgehead atoms. The van der Waals surface area contributed by atoms with E-state index < -0.39 is 16.0 Å². The molecule has 2 rings (SSSR count). The minimum atomic E-state index is -3.52. The van der Waals surface area contributed by atoms with Gasteiger partial charge in [-0.25, -0.2) is 13.2 Å². The van der Waals surface area contributed by atoms with Crippen LogP contribution in [0.15, 0.2) is 29.2 Å². The predicted octanol–water partition coefficient (Wildman–Crippen LogP) is 2.20. The Bertz CT molecular complexity index is 576. The van der Waals surface area contributed by atoms with Gasteiger partial charge in [0.15, 0.2) is 0 Å². The highest BCUT2D eigenvalue weighted by Crippen LogP contribution is 2.31. The van der Waals surface area contributed by atoms with Gasteiger partial charge in [-0.3, -0.25) is 0 Å². The first-order chi connectivity index (χ1) is 9.45. The van der Waals surface area contributed by atoms with Crippen LogP contribution in [-0.2, 0) is 10.0 Å². The standard InChI is InChI=1S/C14H19NO4S/c1-2-9-15(10-11-3-4-11)20(18,19)13-7-5-12(6-8-13)14(16)17/h5-8,11H,2-4,9-10H2,1H3,(H,16,17). The third-order valence-corrected chi connectivity index (χ3v) is 5.25. The molecule has 6 heteroatoms. The van der Waals surface area contributed by atoms with Gasteiger partial charge in [-0.2, -0.15) is 4.31 Å². The molecule has 0 radical (unpaired) electrons. The first-order valence-electron chi connectivity index (χ1n) is 6.78. The van der Waals surface area contributed by atoms with Crippen LogP contribution in [0.1, 0.15) is 36.5 Å². The molecule has 1 aliphatic rings. The van der Waals surface area contributed by atoms with E-state index in [4.69, 9.17) is 5.11 Å². The minimum Gasteiger partial charge on any atom is -0.478 e. The first kappa shape index (κ1) is 15.0. The molecule has 1 saturated carbocycles. The molecule has 110 valence electrons. The van der Waals surface area contributed by atoms with E-state index in [9.17, 15) is 13.2 Å². The number of carbonyl (C=O) groups is 1. The fourth-order valence-corrected chi connectivity index (χ4v) is 3.67. The molecule has 5 nitrogen and oxygen atoms in total. The minimum absolute atomic E-state index is 0.0909. The van der Waals surface area contributed by atoms with Crippen molar-refractivity contribution in [2.75, 3.05) is 13.1 Å². The molecule has 1 aromatic carbocycles. The summed E-state index contributed by atoms with van der Waals surface area (Å²) in [5, 5.41) is 8.84. The second kappa shape index (κ2) is 5.93. The molecule has 0 saturated heterocycles. The molecular formula is C14H19NO4S. The quantitative estimate of drug-likeness (QED) is 0.837. The summed E-state index contributed by atoms with van der Waals surface area (Å²) in [5.41, 5.74) is 0.0909. The lowest BCUT2D eigenvalue weighted by molar-refractivity contribution is 0.0696. The molecule has 0 amide bonds. The largest absolute Gasteiger partial charge is 0.478 e. The van der Waals surface area contributed by atoms with E-state index in [0.717, 1.165) is 19.3 Å². The molecule has 0 aliphatic heterocycles. The van der Waals surface area contributed by atoms with Crippen LogP contribution < -0.4 is 0 Å². The SMILES string of the molecule is CCCN(CC1CC1)S(=O)(=O)c1ccc(C(=O)O)cc1. The van der Waals surface area contributed by atoms with Gasteiger partial charge in [-0.1, -0.05) is 6.92 Å². The van der Waals surface area contributed by atoms with Crippen molar-refractivity contribution >= 4 is 16.0 Å². The molecule has 1 N–H and O–H groups in total. The lowest BCUT2D eigenvalue weighted by Crippen LogP contribution is -2.33. The second-order valence-corrected chi connectivity index (χ2v) is 7.07. The summed E-state index contributed by atoms with van der Waals surface area (Å²) in [4.78, 5) is 11.0. The smallest absolute Gasteiger partial charge is 0.335 e. The zero-order valence-electron chi connectivity index (χ0n) is 11.4. The fourth-order valence-electron chi connectivity index (χ4n) is 2.07. The van der Waals surface area contributed by atoms with E-state index >= 15 is 0 Å². The molecule has 20 heavy (non-hydrogen) atoms. The van der Waals surface area contributed by atoms with Crippen LogP contribution in [0.2, 0.25) is 0 Å². The van der Waals surface area contributed by atoms with Gasteiger partial charge < -0.3 is 5.11 Å². The molecule has 0 unspecified atom stereocenters. The summed E-state index contributed by atoms with van der Waals surface area (Å²) in [5.74, 6) is -0.577. The Labute approximate surface area is 119 Å². The summed E-state index contributed by atoms with van der Waals surface area (Å²) < 4.78 is 26.6. The fraction of sp³-hybridized carbons (Fsp3) is 0.500. The Morgan fingerprint density at radius 3 is 2.35 bits per heavy atom. The van der Waals surface area contributed by atoms with Gasteiger partial charge in [0.25, 0.3) is 0 Å². The molecule has 1 fully saturated rings. The molecule has 0 aromatic heterocycles. The van der Waals surface area contributed by atoms with Crippen LogP contribution in [0.4, 0.5) is 0 Å². The Hall–Kier alpha value is -1.40. The first-order valence-corrected chi connectivity index (χ1v) is 8.22. The highest BCUT2D eigenvalue weighted by atomic mass is 32.2. The molecule has 1 aromatic rings. The van der Waals surface area contributed by atoms with Gasteiger partial charge in [0.2, 0.25) is 10.0 Å². The molecule has 0 spiro atoms. The summed E-state index contributed by atoms with van der Waals surface area (Å²) in [6.45, 7) is 3.01. The summed E-state index contributed by atoms with van der Waals surface area (Å²) in [6.07, 6.45) is 2.94. The van der Waals surface area contributed by atoms with E-state index in [1.807, 2.05) is 6.92 Å². The van der Waals surface area contributed by atoms with Crippen LogP contribution in [0.25, 0.3) is 0 Å². The van der Waals surface area contributed by atoms with Crippen LogP contribution in [0.3, 0.4) is 0 Å². The Morgan fingerprint density at radius 2 is 1.90 bits per heavy atom. The van der Waals surface area contributed by atoms with E-state index in [-0.39, 0.29) is 10.5 Å². The van der Waals surface area contributed by atoms with Crippen molar-refractivity contribution in [1.29, 1.82) is 0 Å². The summed E-state index contributed by atoms with van der Waals surface area (Å²) >= 11 is 0. The number of hydrogen-bond donors (Lipinski definition) is 1. The van der Waals surface area contributed by atoms with E-state index in [0.29, 0.717) is 19.0 Å². The van der Waals surface area contributed by atoms with Crippen molar-refractivity contribution in [3.63, 3.8) is 0 Å². The van der Waals surface area contributed by atoms with Crippen LogP contribution in [-0.4, -0.2) is 36.9 Å². The monoisotopic (exact) mass is 297 g/mol. The van der Waals surface area contributed by atoms with Gasteiger partial charge in [0, 0.05) is 13.1 Å². The highest BCUT2D eigenvalue weighted by Gasteiger charge is 2.31. The maximum Gasteiger partial charge on any atom is 0.335 e. The van der Waals surface area contributed by atoms with Gasteiger partial charge in [-0.15, -0.1) is 0 Å². The van der Waals surface area contributed by atoms with E-state index in [1.54, 1.807) is 0 Å². The highest BCUT2D eigenvalue weighted by molar-refractivity contribution is 7.89. The van der Waals surface area contributed by atoms with Crippen LogP contribution in [0, 0.1) is 5.92 Å². The number of sulfonamides is 1. The van der Waals surface area contributed by atoms with Crippen molar-refractivity contribution in [2.24, 2.45) is 5.92 Å². The van der Waals surface area contributed by atoms with Crippen LogP contribution >= 0.6 is 0 Å². The summed E-state index contributed by atoms with van der Waals surface area (Å²) in [6, 6.07) is 5.40. The Kier molecular flexibility index (Phi) is 4.45.